The molecule has 6 heteroatoms. The first-order valence-electron chi connectivity index (χ1n) is 10.1. The van der Waals surface area contributed by atoms with Crippen molar-refractivity contribution < 1.29 is 9.53 Å². The molecule has 0 spiro atoms. The van der Waals surface area contributed by atoms with Crippen LogP contribution in [0.1, 0.15) is 35.2 Å². The van der Waals surface area contributed by atoms with Crippen molar-refractivity contribution in [1.29, 1.82) is 0 Å². The minimum absolute atomic E-state index is 0.174. The van der Waals surface area contributed by atoms with Gasteiger partial charge in [0.25, 0.3) is 5.91 Å². The van der Waals surface area contributed by atoms with Crippen LogP contribution in [0.15, 0.2) is 73.1 Å². The fraction of sp³-hybridized carbons (Fsp3) is 0.250. The third-order valence-corrected chi connectivity index (χ3v) is 4.86. The number of rotatable bonds is 11. The second kappa shape index (κ2) is 11.8. The fourth-order valence-corrected chi connectivity index (χ4v) is 3.17. The summed E-state index contributed by atoms with van der Waals surface area (Å²) < 4.78 is 5.97. The van der Waals surface area contributed by atoms with Crippen molar-refractivity contribution in [3.05, 3.63) is 84.2 Å². The first kappa shape index (κ1) is 21.7. The van der Waals surface area contributed by atoms with E-state index in [2.05, 4.69) is 15.6 Å². The number of pyridine rings is 1. The predicted octanol–water partition coefficient (Wildman–Crippen LogP) is 5.73. The molecule has 0 bridgehead atoms. The summed E-state index contributed by atoms with van der Waals surface area (Å²) in [5, 5.41) is 6.37. The first-order valence-corrected chi connectivity index (χ1v) is 10.6. The molecule has 0 aliphatic rings. The van der Waals surface area contributed by atoms with E-state index in [4.69, 9.17) is 16.3 Å². The maximum absolute atomic E-state index is 12.5. The summed E-state index contributed by atoms with van der Waals surface area (Å²) in [6, 6.07) is 19.0. The molecule has 0 atom stereocenters. The Morgan fingerprint density at radius 3 is 2.43 bits per heavy atom. The Bertz CT molecular complexity index is 934. The van der Waals surface area contributed by atoms with E-state index < -0.39 is 0 Å². The Kier molecular flexibility index (Phi) is 8.54. The number of carbonyl (C=O) groups is 1. The molecule has 0 unspecified atom stereocenters. The molecule has 1 aromatic heterocycles. The zero-order valence-corrected chi connectivity index (χ0v) is 17.6. The number of halogens is 1. The molecule has 30 heavy (non-hydrogen) atoms. The number of ether oxygens (including phenoxy) is 1. The summed E-state index contributed by atoms with van der Waals surface area (Å²) in [7, 11) is 0. The summed E-state index contributed by atoms with van der Waals surface area (Å²) in [5.74, 6) is 1.39. The van der Waals surface area contributed by atoms with Gasteiger partial charge in [-0.15, -0.1) is 11.6 Å². The molecule has 3 rings (SSSR count). The van der Waals surface area contributed by atoms with Crippen LogP contribution in [-0.2, 0) is 6.54 Å². The number of hydrogen-bond acceptors (Lipinski definition) is 4. The molecule has 2 N–H and O–H groups in total. The van der Waals surface area contributed by atoms with Crippen molar-refractivity contribution in [3.63, 3.8) is 0 Å². The number of alkyl halides is 1. The first-order chi connectivity index (χ1) is 14.8. The molecule has 1 amide bonds. The van der Waals surface area contributed by atoms with Crippen LogP contribution in [0.25, 0.3) is 0 Å². The highest BCUT2D eigenvalue weighted by Crippen LogP contribution is 2.25. The van der Waals surface area contributed by atoms with Gasteiger partial charge in [0, 0.05) is 35.9 Å². The summed E-state index contributed by atoms with van der Waals surface area (Å²) in [5.41, 5.74) is 3.19. The maximum Gasteiger partial charge on any atom is 0.255 e. The lowest BCUT2D eigenvalue weighted by atomic mass is 10.1. The average molecular weight is 424 g/mol. The molecular weight excluding hydrogens is 398 g/mol. The molecule has 3 aromatic rings. The molecule has 0 saturated heterocycles. The van der Waals surface area contributed by atoms with E-state index >= 15 is 0 Å². The van der Waals surface area contributed by atoms with Gasteiger partial charge in [-0.2, -0.15) is 0 Å². The van der Waals surface area contributed by atoms with Gasteiger partial charge in [0.1, 0.15) is 5.75 Å². The topological polar surface area (TPSA) is 63.2 Å². The van der Waals surface area contributed by atoms with Crippen LogP contribution >= 0.6 is 11.6 Å². The van der Waals surface area contributed by atoms with E-state index in [-0.39, 0.29) is 5.91 Å². The van der Waals surface area contributed by atoms with E-state index in [0.29, 0.717) is 24.6 Å². The van der Waals surface area contributed by atoms with Gasteiger partial charge in [0.05, 0.1) is 18.0 Å². The van der Waals surface area contributed by atoms with E-state index in [0.717, 1.165) is 42.0 Å². The standard InChI is InChI=1S/C24H26ClN3O2/c25-14-6-1-7-17-30-23-11-5-2-8-20(23)18-27-21-9-3-4-10-22(21)28-24(29)19-12-15-26-16-13-19/h2-5,8-13,15-16,27H,1,6-7,14,17-18H2,(H,28,29). The number of carbonyl (C=O) groups excluding carboxylic acids is 1. The van der Waals surface area contributed by atoms with Crippen LogP contribution in [0, 0.1) is 0 Å². The van der Waals surface area contributed by atoms with Gasteiger partial charge >= 0.3 is 0 Å². The molecule has 0 radical (unpaired) electrons. The third kappa shape index (κ3) is 6.49. The molecule has 0 aliphatic carbocycles. The summed E-state index contributed by atoms with van der Waals surface area (Å²) in [6.45, 7) is 1.26. The van der Waals surface area contributed by atoms with Crippen molar-refractivity contribution >= 4 is 28.9 Å². The largest absolute Gasteiger partial charge is 0.493 e. The number of nitrogens with one attached hydrogen (secondary N) is 2. The molecule has 0 saturated carbocycles. The number of hydrogen-bond donors (Lipinski definition) is 2. The van der Waals surface area contributed by atoms with Crippen LogP contribution in [0.5, 0.6) is 5.75 Å². The number of aromatic nitrogens is 1. The van der Waals surface area contributed by atoms with Gasteiger partial charge in [-0.3, -0.25) is 9.78 Å². The Morgan fingerprint density at radius 1 is 0.900 bits per heavy atom. The van der Waals surface area contributed by atoms with Crippen molar-refractivity contribution in [2.75, 3.05) is 23.1 Å². The Balaban J connectivity index is 1.62. The zero-order chi connectivity index (χ0) is 21.0. The monoisotopic (exact) mass is 423 g/mol. The quantitative estimate of drug-likeness (QED) is 0.305. The van der Waals surface area contributed by atoms with Gasteiger partial charge in [-0.25, -0.2) is 0 Å². The van der Waals surface area contributed by atoms with Crippen molar-refractivity contribution in [1.82, 2.24) is 4.98 Å². The zero-order valence-electron chi connectivity index (χ0n) is 16.8. The van der Waals surface area contributed by atoms with Gasteiger partial charge in [0.15, 0.2) is 0 Å². The molecular formula is C24H26ClN3O2. The minimum atomic E-state index is -0.174. The molecule has 0 aliphatic heterocycles. The van der Waals surface area contributed by atoms with Crippen LogP contribution in [0.3, 0.4) is 0 Å². The minimum Gasteiger partial charge on any atom is -0.493 e. The molecule has 0 fully saturated rings. The predicted molar refractivity (Wildman–Crippen MR) is 122 cm³/mol. The summed E-state index contributed by atoms with van der Waals surface area (Å²) in [4.78, 5) is 16.4. The number of amides is 1. The average Bonchev–Trinajstić information content (AvgIpc) is 2.79. The van der Waals surface area contributed by atoms with Gasteiger partial charge in [-0.1, -0.05) is 30.3 Å². The van der Waals surface area contributed by atoms with Crippen molar-refractivity contribution in [2.45, 2.75) is 25.8 Å². The number of para-hydroxylation sites is 3. The van der Waals surface area contributed by atoms with Gasteiger partial charge in [0.2, 0.25) is 0 Å². The normalized spacial score (nSPS) is 10.4. The van der Waals surface area contributed by atoms with Crippen LogP contribution in [-0.4, -0.2) is 23.4 Å². The molecule has 1 heterocycles. The van der Waals surface area contributed by atoms with Crippen molar-refractivity contribution in [2.24, 2.45) is 0 Å². The molecule has 156 valence electrons. The van der Waals surface area contributed by atoms with Crippen LogP contribution in [0.4, 0.5) is 11.4 Å². The number of benzene rings is 2. The van der Waals surface area contributed by atoms with E-state index in [1.807, 2.05) is 48.5 Å². The second-order valence-corrected chi connectivity index (χ2v) is 7.17. The van der Waals surface area contributed by atoms with E-state index in [9.17, 15) is 4.79 Å². The fourth-order valence-electron chi connectivity index (χ4n) is 2.98. The number of unbranched alkanes of at least 4 members (excludes halogenated alkanes) is 2. The van der Waals surface area contributed by atoms with Gasteiger partial charge in [-0.05, 0) is 49.6 Å². The Labute approximate surface area is 182 Å². The number of nitrogens with zero attached hydrogens (tertiary/aromatic N) is 1. The lowest BCUT2D eigenvalue weighted by Crippen LogP contribution is -2.14. The van der Waals surface area contributed by atoms with Crippen molar-refractivity contribution in [3.8, 4) is 5.75 Å². The lowest BCUT2D eigenvalue weighted by Gasteiger charge is -2.15. The van der Waals surface area contributed by atoms with Crippen LogP contribution < -0.4 is 15.4 Å². The Hall–Kier alpha value is -3.05. The Morgan fingerprint density at radius 2 is 1.63 bits per heavy atom. The third-order valence-electron chi connectivity index (χ3n) is 4.60. The summed E-state index contributed by atoms with van der Waals surface area (Å²) in [6.07, 6.45) is 6.26. The highest BCUT2D eigenvalue weighted by Gasteiger charge is 2.10. The smallest absolute Gasteiger partial charge is 0.255 e. The second-order valence-electron chi connectivity index (χ2n) is 6.79. The molecule has 2 aromatic carbocycles. The van der Waals surface area contributed by atoms with Crippen LogP contribution in [0.2, 0.25) is 0 Å². The SMILES string of the molecule is O=C(Nc1ccccc1NCc1ccccc1OCCCCCCl)c1ccncc1. The van der Waals surface area contributed by atoms with E-state index in [1.165, 1.54) is 0 Å². The lowest BCUT2D eigenvalue weighted by molar-refractivity contribution is 0.102. The highest BCUT2D eigenvalue weighted by molar-refractivity contribution is 6.17. The van der Waals surface area contributed by atoms with Gasteiger partial charge < -0.3 is 15.4 Å². The molecule has 5 nitrogen and oxygen atoms in total. The highest BCUT2D eigenvalue weighted by atomic mass is 35.5. The van der Waals surface area contributed by atoms with E-state index in [1.54, 1.807) is 24.5 Å². The summed E-state index contributed by atoms with van der Waals surface area (Å²) >= 11 is 5.72. The number of anilines is 2. The maximum atomic E-state index is 12.5.